The zero-order chi connectivity index (χ0) is 19.3. The number of halogens is 1. The Hall–Kier alpha value is -2.73. The molecular formula is C21H19ClN4O2. The molecule has 0 amide bonds. The number of hydrogen-bond acceptors (Lipinski definition) is 5. The third kappa shape index (κ3) is 2.79. The van der Waals surface area contributed by atoms with E-state index in [1.165, 1.54) is 0 Å². The SMILES string of the molecule is O=C1CCCC2=C1C(c1cn(-c3ccc(Cl)cc3)nn1)C1=C(CCCC1=O)N2. The summed E-state index contributed by atoms with van der Waals surface area (Å²) in [5.41, 5.74) is 4.77. The lowest BCUT2D eigenvalue weighted by Crippen LogP contribution is -2.36. The van der Waals surface area contributed by atoms with E-state index in [0.29, 0.717) is 34.7 Å². The van der Waals surface area contributed by atoms with Crippen LogP contribution in [0.5, 0.6) is 0 Å². The van der Waals surface area contributed by atoms with Gasteiger partial charge in [-0.15, -0.1) is 5.10 Å². The molecule has 1 aliphatic heterocycles. The Labute approximate surface area is 167 Å². The van der Waals surface area contributed by atoms with Gasteiger partial charge in [0.05, 0.1) is 23.5 Å². The fourth-order valence-electron chi connectivity index (χ4n) is 4.41. The fraction of sp³-hybridized carbons (Fsp3) is 0.333. The molecule has 2 aliphatic carbocycles. The van der Waals surface area contributed by atoms with Gasteiger partial charge in [-0.3, -0.25) is 9.59 Å². The molecule has 3 aliphatic rings. The molecule has 0 bridgehead atoms. The summed E-state index contributed by atoms with van der Waals surface area (Å²) in [6.07, 6.45) is 6.18. The first-order valence-corrected chi connectivity index (χ1v) is 9.97. The summed E-state index contributed by atoms with van der Waals surface area (Å²) in [5, 5.41) is 12.7. The van der Waals surface area contributed by atoms with Crippen LogP contribution in [0.15, 0.2) is 53.0 Å². The van der Waals surface area contributed by atoms with Crippen molar-refractivity contribution in [3.05, 3.63) is 63.7 Å². The standard InChI is InChI=1S/C21H19ClN4O2/c22-12-7-9-13(10-8-12)26-11-16(24-25-26)21-19-14(3-1-5-17(19)27)23-15-4-2-6-18(28)20(15)21/h7-11,21,23H,1-6H2. The average Bonchev–Trinajstić information content (AvgIpc) is 3.17. The van der Waals surface area contributed by atoms with Gasteiger partial charge >= 0.3 is 0 Å². The van der Waals surface area contributed by atoms with E-state index in [9.17, 15) is 9.59 Å². The highest BCUT2D eigenvalue weighted by Crippen LogP contribution is 2.44. The van der Waals surface area contributed by atoms with E-state index in [2.05, 4.69) is 15.6 Å². The molecule has 0 fully saturated rings. The zero-order valence-electron chi connectivity index (χ0n) is 15.2. The normalized spacial score (nSPS) is 20.2. The van der Waals surface area contributed by atoms with Crippen LogP contribution in [0.4, 0.5) is 0 Å². The monoisotopic (exact) mass is 394 g/mol. The Morgan fingerprint density at radius 3 is 2.14 bits per heavy atom. The second-order valence-corrected chi connectivity index (χ2v) is 7.90. The van der Waals surface area contributed by atoms with Gasteiger partial charge in [0.15, 0.2) is 11.6 Å². The number of dihydropyridines is 1. The summed E-state index contributed by atoms with van der Waals surface area (Å²) in [5.74, 6) is -0.220. The zero-order valence-corrected chi connectivity index (χ0v) is 16.0. The van der Waals surface area contributed by atoms with Gasteiger partial charge in [-0.1, -0.05) is 16.8 Å². The molecule has 2 heterocycles. The van der Waals surface area contributed by atoms with E-state index >= 15 is 0 Å². The van der Waals surface area contributed by atoms with Crippen LogP contribution in [0.3, 0.4) is 0 Å². The van der Waals surface area contributed by atoms with Crippen molar-refractivity contribution in [3.63, 3.8) is 0 Å². The first kappa shape index (κ1) is 17.4. The topological polar surface area (TPSA) is 76.9 Å². The predicted octanol–water partition coefficient (Wildman–Crippen LogP) is 3.62. The van der Waals surface area contributed by atoms with Crippen molar-refractivity contribution in [2.75, 3.05) is 0 Å². The van der Waals surface area contributed by atoms with E-state index in [0.717, 1.165) is 42.8 Å². The second-order valence-electron chi connectivity index (χ2n) is 7.46. The van der Waals surface area contributed by atoms with E-state index < -0.39 is 5.92 Å². The molecule has 1 aromatic heterocycles. The van der Waals surface area contributed by atoms with Crippen molar-refractivity contribution in [3.8, 4) is 5.69 Å². The number of hydrogen-bond donors (Lipinski definition) is 1. The van der Waals surface area contributed by atoms with Crippen LogP contribution in [-0.2, 0) is 9.59 Å². The number of carbonyl (C=O) groups excluding carboxylic acids is 2. The number of allylic oxidation sites excluding steroid dienone is 4. The smallest absolute Gasteiger partial charge is 0.161 e. The van der Waals surface area contributed by atoms with E-state index in [-0.39, 0.29) is 11.6 Å². The minimum Gasteiger partial charge on any atom is -0.362 e. The van der Waals surface area contributed by atoms with Crippen LogP contribution >= 0.6 is 11.6 Å². The van der Waals surface area contributed by atoms with Crippen LogP contribution in [0.25, 0.3) is 5.69 Å². The second kappa shape index (κ2) is 6.71. The van der Waals surface area contributed by atoms with Crippen LogP contribution in [0, 0.1) is 0 Å². The lowest BCUT2D eigenvalue weighted by atomic mass is 9.73. The van der Waals surface area contributed by atoms with Gasteiger partial charge in [-0.05, 0) is 49.9 Å². The Morgan fingerprint density at radius 2 is 1.54 bits per heavy atom. The maximum Gasteiger partial charge on any atom is 0.161 e. The summed E-state index contributed by atoms with van der Waals surface area (Å²) in [6.45, 7) is 0. The molecule has 142 valence electrons. The lowest BCUT2D eigenvalue weighted by Gasteiger charge is -2.36. The number of aromatic nitrogens is 3. The summed E-state index contributed by atoms with van der Waals surface area (Å²) in [7, 11) is 0. The molecule has 28 heavy (non-hydrogen) atoms. The molecule has 5 rings (SSSR count). The highest BCUT2D eigenvalue weighted by atomic mass is 35.5. The fourth-order valence-corrected chi connectivity index (χ4v) is 4.53. The molecule has 7 heteroatoms. The molecule has 1 aromatic carbocycles. The maximum atomic E-state index is 12.8. The quantitative estimate of drug-likeness (QED) is 0.841. The van der Waals surface area contributed by atoms with Gasteiger partial charge in [-0.2, -0.15) is 0 Å². The van der Waals surface area contributed by atoms with E-state index in [1.807, 2.05) is 18.3 Å². The lowest BCUT2D eigenvalue weighted by molar-refractivity contribution is -0.117. The number of ketones is 2. The number of carbonyl (C=O) groups is 2. The minimum absolute atomic E-state index is 0.102. The first-order valence-electron chi connectivity index (χ1n) is 9.59. The predicted molar refractivity (Wildman–Crippen MR) is 104 cm³/mol. The first-order chi connectivity index (χ1) is 13.6. The molecular weight excluding hydrogens is 376 g/mol. The van der Waals surface area contributed by atoms with E-state index in [1.54, 1.807) is 16.8 Å². The summed E-state index contributed by atoms with van der Waals surface area (Å²) in [4.78, 5) is 25.6. The Bertz CT molecular complexity index is 1010. The Morgan fingerprint density at radius 1 is 0.929 bits per heavy atom. The van der Waals surface area contributed by atoms with Crippen LogP contribution in [-0.4, -0.2) is 26.6 Å². The molecule has 0 unspecified atom stereocenters. The minimum atomic E-state index is -0.423. The van der Waals surface area contributed by atoms with Crippen molar-refractivity contribution >= 4 is 23.2 Å². The summed E-state index contributed by atoms with van der Waals surface area (Å²) >= 11 is 5.97. The molecule has 0 atom stereocenters. The number of rotatable bonds is 2. The summed E-state index contributed by atoms with van der Waals surface area (Å²) in [6, 6.07) is 7.30. The number of nitrogens with zero attached hydrogens (tertiary/aromatic N) is 3. The molecule has 0 radical (unpaired) electrons. The third-order valence-electron chi connectivity index (χ3n) is 5.69. The largest absolute Gasteiger partial charge is 0.362 e. The molecule has 2 aromatic rings. The maximum absolute atomic E-state index is 12.8. The number of Topliss-reactive ketones (excluding diaryl/α,β-unsaturated/α-hetero) is 2. The van der Waals surface area contributed by atoms with Gasteiger partial charge in [0.2, 0.25) is 0 Å². The van der Waals surface area contributed by atoms with Crippen molar-refractivity contribution in [1.82, 2.24) is 20.3 Å². The molecule has 1 N–H and O–H groups in total. The molecule has 0 saturated carbocycles. The van der Waals surface area contributed by atoms with Gasteiger partial charge in [-0.25, -0.2) is 4.68 Å². The van der Waals surface area contributed by atoms with Gasteiger partial charge < -0.3 is 5.32 Å². The van der Waals surface area contributed by atoms with Crippen LogP contribution in [0.2, 0.25) is 5.02 Å². The van der Waals surface area contributed by atoms with Crippen molar-refractivity contribution in [2.45, 2.75) is 44.4 Å². The van der Waals surface area contributed by atoms with Crippen LogP contribution < -0.4 is 5.32 Å². The van der Waals surface area contributed by atoms with Crippen molar-refractivity contribution in [2.24, 2.45) is 0 Å². The van der Waals surface area contributed by atoms with Gasteiger partial charge in [0.1, 0.15) is 0 Å². The molecule has 6 nitrogen and oxygen atoms in total. The van der Waals surface area contributed by atoms with Crippen LogP contribution in [0.1, 0.15) is 50.1 Å². The summed E-state index contributed by atoms with van der Waals surface area (Å²) < 4.78 is 1.66. The Balaban J connectivity index is 1.62. The molecule has 0 saturated heterocycles. The average molecular weight is 395 g/mol. The third-order valence-corrected chi connectivity index (χ3v) is 5.94. The van der Waals surface area contributed by atoms with Gasteiger partial charge in [0, 0.05) is 40.4 Å². The van der Waals surface area contributed by atoms with Gasteiger partial charge in [0.25, 0.3) is 0 Å². The number of nitrogens with one attached hydrogen (secondary N) is 1. The van der Waals surface area contributed by atoms with Crippen molar-refractivity contribution in [1.29, 1.82) is 0 Å². The highest BCUT2D eigenvalue weighted by Gasteiger charge is 2.41. The van der Waals surface area contributed by atoms with E-state index in [4.69, 9.17) is 11.6 Å². The van der Waals surface area contributed by atoms with Crippen molar-refractivity contribution < 1.29 is 9.59 Å². The molecule has 0 spiro atoms. The number of benzene rings is 1. The highest BCUT2D eigenvalue weighted by molar-refractivity contribution is 6.30. The Kier molecular flexibility index (Phi) is 4.16.